The first-order valence-electron chi connectivity index (χ1n) is 6.63. The van der Waals surface area contributed by atoms with Crippen molar-refractivity contribution < 1.29 is 0 Å². The van der Waals surface area contributed by atoms with E-state index in [0.29, 0.717) is 5.92 Å². The van der Waals surface area contributed by atoms with Crippen LogP contribution in [0.4, 0.5) is 0 Å². The second-order valence-electron chi connectivity index (χ2n) is 5.59. The van der Waals surface area contributed by atoms with E-state index < -0.39 is 0 Å². The molecule has 2 rings (SSSR count). The van der Waals surface area contributed by atoms with Crippen LogP contribution in [0, 0.1) is 5.92 Å². The summed E-state index contributed by atoms with van der Waals surface area (Å²) in [6.45, 7) is 6.91. The Hall–Kier alpha value is -0.850. The molecule has 1 saturated carbocycles. The van der Waals surface area contributed by atoms with Gasteiger partial charge in [-0.05, 0) is 36.3 Å². The molecule has 0 radical (unpaired) electrons. The molecule has 0 amide bonds. The standard InChI is InChI=1S/C15H23N/c1-11(2)14-5-4-10-16-15(14)13-8-6-12(3)7-9-13/h4-5,10-13H,6-9H2,1-3H3. The second kappa shape index (κ2) is 4.99. The summed E-state index contributed by atoms with van der Waals surface area (Å²) in [6, 6.07) is 4.33. The molecule has 0 N–H and O–H groups in total. The number of nitrogens with zero attached hydrogens (tertiary/aromatic N) is 1. The predicted octanol–water partition coefficient (Wildman–Crippen LogP) is 4.50. The lowest BCUT2D eigenvalue weighted by atomic mass is 9.79. The maximum atomic E-state index is 4.65. The van der Waals surface area contributed by atoms with Gasteiger partial charge in [0.05, 0.1) is 0 Å². The van der Waals surface area contributed by atoms with Gasteiger partial charge in [-0.15, -0.1) is 0 Å². The van der Waals surface area contributed by atoms with Gasteiger partial charge in [-0.25, -0.2) is 0 Å². The van der Waals surface area contributed by atoms with Gasteiger partial charge in [-0.2, -0.15) is 0 Å². The van der Waals surface area contributed by atoms with Crippen LogP contribution in [0.25, 0.3) is 0 Å². The fourth-order valence-electron chi connectivity index (χ4n) is 2.79. The van der Waals surface area contributed by atoms with Crippen molar-refractivity contribution in [3.63, 3.8) is 0 Å². The number of pyridine rings is 1. The average Bonchev–Trinajstić information content (AvgIpc) is 2.30. The van der Waals surface area contributed by atoms with E-state index in [1.165, 1.54) is 36.9 Å². The molecule has 1 aliphatic carbocycles. The third-order valence-corrected chi connectivity index (χ3v) is 3.90. The van der Waals surface area contributed by atoms with E-state index in [2.05, 4.69) is 37.9 Å². The van der Waals surface area contributed by atoms with Crippen molar-refractivity contribution >= 4 is 0 Å². The highest BCUT2D eigenvalue weighted by Crippen LogP contribution is 2.37. The first-order chi connectivity index (χ1) is 7.68. The molecule has 1 aromatic heterocycles. The zero-order valence-electron chi connectivity index (χ0n) is 10.7. The van der Waals surface area contributed by atoms with E-state index in [9.17, 15) is 0 Å². The van der Waals surface area contributed by atoms with Crippen LogP contribution in [0.2, 0.25) is 0 Å². The van der Waals surface area contributed by atoms with Gasteiger partial charge in [-0.1, -0.05) is 39.7 Å². The van der Waals surface area contributed by atoms with Gasteiger partial charge in [0.25, 0.3) is 0 Å². The number of hydrogen-bond donors (Lipinski definition) is 0. The van der Waals surface area contributed by atoms with Crippen molar-refractivity contribution in [3.8, 4) is 0 Å². The summed E-state index contributed by atoms with van der Waals surface area (Å²) in [5, 5.41) is 0. The lowest BCUT2D eigenvalue weighted by Crippen LogP contribution is -2.14. The molecule has 0 aromatic carbocycles. The van der Waals surface area contributed by atoms with Crippen molar-refractivity contribution in [3.05, 3.63) is 29.6 Å². The first-order valence-corrected chi connectivity index (χ1v) is 6.63. The van der Waals surface area contributed by atoms with Crippen LogP contribution in [0.15, 0.2) is 18.3 Å². The van der Waals surface area contributed by atoms with Crippen molar-refractivity contribution in [2.24, 2.45) is 5.92 Å². The van der Waals surface area contributed by atoms with E-state index in [1.54, 1.807) is 0 Å². The zero-order valence-corrected chi connectivity index (χ0v) is 10.7. The minimum absolute atomic E-state index is 0.600. The summed E-state index contributed by atoms with van der Waals surface area (Å²) in [6.07, 6.45) is 7.37. The van der Waals surface area contributed by atoms with Gasteiger partial charge in [-0.3, -0.25) is 4.98 Å². The Labute approximate surface area is 99.3 Å². The Morgan fingerprint density at radius 1 is 1.19 bits per heavy atom. The maximum Gasteiger partial charge on any atom is 0.0469 e. The summed E-state index contributed by atoms with van der Waals surface area (Å²) < 4.78 is 0. The number of rotatable bonds is 2. The van der Waals surface area contributed by atoms with Gasteiger partial charge in [0.1, 0.15) is 0 Å². The maximum absolute atomic E-state index is 4.65. The molecule has 1 aliphatic rings. The predicted molar refractivity (Wildman–Crippen MR) is 68.7 cm³/mol. The molecule has 16 heavy (non-hydrogen) atoms. The zero-order chi connectivity index (χ0) is 11.5. The van der Waals surface area contributed by atoms with Crippen LogP contribution in [0.3, 0.4) is 0 Å². The lowest BCUT2D eigenvalue weighted by Gasteiger charge is -2.27. The monoisotopic (exact) mass is 217 g/mol. The van der Waals surface area contributed by atoms with E-state index in [-0.39, 0.29) is 0 Å². The van der Waals surface area contributed by atoms with E-state index in [4.69, 9.17) is 0 Å². The molecule has 0 atom stereocenters. The summed E-state index contributed by atoms with van der Waals surface area (Å²) in [4.78, 5) is 4.65. The van der Waals surface area contributed by atoms with Crippen LogP contribution in [0.1, 0.15) is 69.5 Å². The molecule has 0 saturated heterocycles. The van der Waals surface area contributed by atoms with Crippen LogP contribution in [-0.2, 0) is 0 Å². The van der Waals surface area contributed by atoms with E-state index >= 15 is 0 Å². The molecule has 1 heteroatoms. The minimum Gasteiger partial charge on any atom is -0.261 e. The Balaban J connectivity index is 2.19. The van der Waals surface area contributed by atoms with E-state index in [0.717, 1.165) is 11.8 Å². The van der Waals surface area contributed by atoms with Crippen LogP contribution in [-0.4, -0.2) is 4.98 Å². The smallest absolute Gasteiger partial charge is 0.0469 e. The Bertz CT molecular complexity index is 335. The normalized spacial score (nSPS) is 26.0. The molecule has 1 heterocycles. The molecule has 88 valence electrons. The largest absolute Gasteiger partial charge is 0.261 e. The molecule has 0 spiro atoms. The Morgan fingerprint density at radius 2 is 1.88 bits per heavy atom. The fourth-order valence-corrected chi connectivity index (χ4v) is 2.79. The van der Waals surface area contributed by atoms with Gasteiger partial charge in [0.15, 0.2) is 0 Å². The number of aromatic nitrogens is 1. The first kappa shape index (κ1) is 11.6. The lowest BCUT2D eigenvalue weighted by molar-refractivity contribution is 0.342. The quantitative estimate of drug-likeness (QED) is 0.711. The van der Waals surface area contributed by atoms with Crippen molar-refractivity contribution in [2.75, 3.05) is 0 Å². The van der Waals surface area contributed by atoms with Crippen molar-refractivity contribution in [1.82, 2.24) is 4.98 Å². The number of hydrogen-bond acceptors (Lipinski definition) is 1. The summed E-state index contributed by atoms with van der Waals surface area (Å²) in [5.41, 5.74) is 2.84. The molecular weight excluding hydrogens is 194 g/mol. The minimum atomic E-state index is 0.600. The van der Waals surface area contributed by atoms with Gasteiger partial charge >= 0.3 is 0 Å². The molecule has 1 aromatic rings. The second-order valence-corrected chi connectivity index (χ2v) is 5.59. The van der Waals surface area contributed by atoms with Gasteiger partial charge in [0.2, 0.25) is 0 Å². The summed E-state index contributed by atoms with van der Waals surface area (Å²) >= 11 is 0. The highest BCUT2D eigenvalue weighted by molar-refractivity contribution is 5.26. The topological polar surface area (TPSA) is 12.9 Å². The summed E-state index contributed by atoms with van der Waals surface area (Å²) in [5.74, 6) is 2.24. The molecule has 0 unspecified atom stereocenters. The van der Waals surface area contributed by atoms with E-state index in [1.807, 2.05) is 6.20 Å². The Kier molecular flexibility index (Phi) is 3.63. The van der Waals surface area contributed by atoms with Crippen LogP contribution < -0.4 is 0 Å². The van der Waals surface area contributed by atoms with Gasteiger partial charge in [0, 0.05) is 17.8 Å². The van der Waals surface area contributed by atoms with Crippen LogP contribution in [0.5, 0.6) is 0 Å². The average molecular weight is 217 g/mol. The molecule has 1 nitrogen and oxygen atoms in total. The van der Waals surface area contributed by atoms with Gasteiger partial charge < -0.3 is 0 Å². The fraction of sp³-hybridized carbons (Fsp3) is 0.667. The highest BCUT2D eigenvalue weighted by Gasteiger charge is 2.23. The van der Waals surface area contributed by atoms with Crippen molar-refractivity contribution in [2.45, 2.75) is 58.3 Å². The molecule has 0 bridgehead atoms. The highest BCUT2D eigenvalue weighted by atomic mass is 14.7. The SMILES string of the molecule is CC1CCC(c2ncccc2C(C)C)CC1. The third-order valence-electron chi connectivity index (χ3n) is 3.90. The molecular formula is C15H23N. The molecule has 1 fully saturated rings. The summed E-state index contributed by atoms with van der Waals surface area (Å²) in [7, 11) is 0. The third kappa shape index (κ3) is 2.45. The Morgan fingerprint density at radius 3 is 2.50 bits per heavy atom. The molecule has 0 aliphatic heterocycles. The van der Waals surface area contributed by atoms with Crippen molar-refractivity contribution in [1.29, 1.82) is 0 Å². The van der Waals surface area contributed by atoms with Crippen LogP contribution >= 0.6 is 0 Å².